The number of hydrogen-bond acceptors (Lipinski definition) is 0. The Morgan fingerprint density at radius 2 is 0.500 bits per heavy atom. The van der Waals surface area contributed by atoms with E-state index in [9.17, 15) is 0 Å². The molecule has 6 heavy (non-hydrogen) atoms. The zero-order valence-electron chi connectivity index (χ0n) is 2.83. The first kappa shape index (κ1) is 98.4. The van der Waals surface area contributed by atoms with Gasteiger partial charge in [0.15, 0.2) is 0 Å². The van der Waals surface area contributed by atoms with Crippen LogP contribution < -0.4 is 48.4 Å². The van der Waals surface area contributed by atoms with Crippen LogP contribution >= 0.6 is 0 Å². The van der Waals surface area contributed by atoms with Gasteiger partial charge in [0.25, 0.3) is 0 Å². The second-order valence-corrected chi connectivity index (χ2v) is 0. The third-order valence-corrected chi connectivity index (χ3v) is 0. The Morgan fingerprint density at radius 1 is 0.500 bits per heavy atom. The van der Waals surface area contributed by atoms with E-state index in [4.69, 9.17) is 0 Å². The maximum absolute atomic E-state index is 0. The van der Waals surface area contributed by atoms with Crippen molar-refractivity contribution in [1.82, 2.24) is 0 Å². The quantitative estimate of drug-likeness (QED) is 0.300. The summed E-state index contributed by atoms with van der Waals surface area (Å²) < 4.78 is 0. The van der Waals surface area contributed by atoms with Gasteiger partial charge in [0, 0.05) is 0 Å². The second kappa shape index (κ2) is 63.2. The fourth-order valence-corrected chi connectivity index (χ4v) is 0. The Bertz CT molecular complexity index is 7.51. The van der Waals surface area contributed by atoms with Gasteiger partial charge in [-0.15, -0.1) is 0 Å². The van der Waals surface area contributed by atoms with E-state index in [2.05, 4.69) is 0 Å². The van der Waals surface area contributed by atoms with E-state index in [1.165, 1.54) is 0 Å². The van der Waals surface area contributed by atoms with Crippen LogP contribution in [0, 0.1) is 38.2 Å². The largest absolute Gasteiger partial charge is 3.00 e. The minimum absolute atomic E-state index is 0. The van der Waals surface area contributed by atoms with Gasteiger partial charge in [0.05, 0.1) is 0 Å². The van der Waals surface area contributed by atoms with Crippen molar-refractivity contribution < 1.29 is 86.5 Å². The topological polar surface area (TPSA) is 0 Å². The monoisotopic (exact) mass is 263 g/mol. The molecule has 0 amide bonds. The van der Waals surface area contributed by atoms with Crippen molar-refractivity contribution in [3.8, 4) is 0 Å². The molecule has 0 saturated carbocycles. The molecule has 0 rings (SSSR count). The summed E-state index contributed by atoms with van der Waals surface area (Å²) in [5.74, 6) is 0. The molecule has 0 aliphatic rings. The van der Waals surface area contributed by atoms with Crippen LogP contribution in [0.4, 0.5) is 0 Å². The summed E-state index contributed by atoms with van der Waals surface area (Å²) in [5, 5.41) is 0. The molecule has 0 aromatic carbocycles. The molecule has 0 spiro atoms. The fourth-order valence-electron chi connectivity index (χ4n) is 0. The normalized spacial score (nSPS) is 0. The molecular weight excluding hydrogens is 261 g/mol. The molecule has 0 nitrogen and oxygen atoms in total. The van der Waals surface area contributed by atoms with E-state index in [0.717, 1.165) is 0 Å². The van der Waals surface area contributed by atoms with E-state index < -0.39 is 0 Å². The minimum atomic E-state index is 0. The summed E-state index contributed by atoms with van der Waals surface area (Å²) in [4.78, 5) is 0. The van der Waals surface area contributed by atoms with Crippen LogP contribution in [0.3, 0.4) is 0 Å². The predicted octanol–water partition coefficient (Wildman–Crippen LogP) is -15.0. The standard InChI is InChI=1S/Dy.4FH.Na/h;4*1H;/q+3;;;;;+1/p-4. The Kier molecular flexibility index (Phi) is 1040. The average molecular weight is 261 g/mol. The molecule has 0 saturated heterocycles. The maximum atomic E-state index is 0. The van der Waals surface area contributed by atoms with Crippen LogP contribution in [0.15, 0.2) is 0 Å². The fraction of sp³-hybridized carbons (Fsp3) is 0. The van der Waals surface area contributed by atoms with Crippen molar-refractivity contribution in [2.24, 2.45) is 0 Å². The molecule has 0 aliphatic heterocycles. The Morgan fingerprint density at radius 3 is 0.500 bits per heavy atom. The van der Waals surface area contributed by atoms with Gasteiger partial charge in [-0.3, -0.25) is 0 Å². The van der Waals surface area contributed by atoms with Crippen molar-refractivity contribution in [2.75, 3.05) is 0 Å². The number of halogens is 4. The summed E-state index contributed by atoms with van der Waals surface area (Å²) in [6, 6.07) is 0. The predicted molar refractivity (Wildman–Crippen MR) is 0 cm³/mol. The zero-order chi connectivity index (χ0) is 0. The van der Waals surface area contributed by atoms with E-state index in [0.29, 0.717) is 0 Å². The number of hydrogen-bond donors (Lipinski definition) is 0. The van der Waals surface area contributed by atoms with Gasteiger partial charge in [0.1, 0.15) is 0 Å². The molecule has 0 fully saturated rings. The van der Waals surface area contributed by atoms with E-state index in [1.54, 1.807) is 0 Å². The van der Waals surface area contributed by atoms with Crippen LogP contribution in [0.5, 0.6) is 0 Å². The first-order chi connectivity index (χ1) is 0. The van der Waals surface area contributed by atoms with Crippen molar-refractivity contribution in [1.29, 1.82) is 0 Å². The molecule has 39 valence electrons. The Labute approximate surface area is 85.2 Å². The third kappa shape index (κ3) is 37.6. The molecular formula is DyF4Na. The minimum Gasteiger partial charge on any atom is -1.00 e. The Hall–Kier alpha value is 1.99. The average Bonchev–Trinajstić information content (AvgIpc) is 0. The SMILES string of the molecule is [Dy+3].[F-].[F-].[F-].[F-].[Na+]. The van der Waals surface area contributed by atoms with Gasteiger partial charge in [-0.2, -0.15) is 0 Å². The maximum Gasteiger partial charge on any atom is 3.00 e. The van der Waals surface area contributed by atoms with Crippen LogP contribution in [-0.4, -0.2) is 0 Å². The number of rotatable bonds is 0. The molecule has 0 atom stereocenters. The van der Waals surface area contributed by atoms with Crippen molar-refractivity contribution in [3.63, 3.8) is 0 Å². The summed E-state index contributed by atoms with van der Waals surface area (Å²) in [6.45, 7) is 0. The molecule has 6 heteroatoms. The molecule has 0 bridgehead atoms. The summed E-state index contributed by atoms with van der Waals surface area (Å²) in [5.41, 5.74) is 0. The van der Waals surface area contributed by atoms with Crippen molar-refractivity contribution in [2.45, 2.75) is 0 Å². The molecule has 0 aromatic heterocycles. The molecule has 1 radical (unpaired) electrons. The van der Waals surface area contributed by atoms with Crippen LogP contribution in [0.1, 0.15) is 0 Å². The first-order valence-electron chi connectivity index (χ1n) is 0. The molecule has 0 aliphatic carbocycles. The summed E-state index contributed by atoms with van der Waals surface area (Å²) in [6.07, 6.45) is 0. The van der Waals surface area contributed by atoms with Gasteiger partial charge >= 0.3 is 67.7 Å². The molecule has 0 N–H and O–H groups in total. The van der Waals surface area contributed by atoms with Crippen molar-refractivity contribution in [3.05, 3.63) is 0 Å². The van der Waals surface area contributed by atoms with Gasteiger partial charge < -0.3 is 18.8 Å². The van der Waals surface area contributed by atoms with Crippen molar-refractivity contribution >= 4 is 0 Å². The van der Waals surface area contributed by atoms with Gasteiger partial charge in [-0.25, -0.2) is 0 Å². The second-order valence-electron chi connectivity index (χ2n) is 0. The summed E-state index contributed by atoms with van der Waals surface area (Å²) in [7, 11) is 0. The van der Waals surface area contributed by atoms with Gasteiger partial charge in [-0.1, -0.05) is 0 Å². The van der Waals surface area contributed by atoms with E-state index in [-0.39, 0.29) is 86.5 Å². The first-order valence-corrected chi connectivity index (χ1v) is 0. The molecule has 0 aromatic rings. The molecule has 0 heterocycles. The van der Waals surface area contributed by atoms with E-state index >= 15 is 0 Å². The van der Waals surface area contributed by atoms with E-state index in [1.807, 2.05) is 0 Å². The van der Waals surface area contributed by atoms with Crippen LogP contribution in [0.2, 0.25) is 0 Å². The smallest absolute Gasteiger partial charge is 1.00 e. The Balaban J connectivity index is 0. The van der Waals surface area contributed by atoms with Gasteiger partial charge in [0.2, 0.25) is 0 Å². The molecule has 0 unspecified atom stereocenters. The summed E-state index contributed by atoms with van der Waals surface area (Å²) >= 11 is 0. The van der Waals surface area contributed by atoms with Gasteiger partial charge in [-0.05, 0) is 0 Å². The third-order valence-electron chi connectivity index (χ3n) is 0. The zero-order valence-corrected chi connectivity index (χ0v) is 6.86. The van der Waals surface area contributed by atoms with Crippen LogP contribution in [-0.2, 0) is 0 Å². The van der Waals surface area contributed by atoms with Crippen LogP contribution in [0.25, 0.3) is 0 Å².